The van der Waals surface area contributed by atoms with Crippen LogP contribution in [0.25, 0.3) is 0 Å². The molecule has 0 aliphatic carbocycles. The van der Waals surface area contributed by atoms with Gasteiger partial charge in [0.25, 0.3) is 0 Å². The Balaban J connectivity index is 3.27. The molecule has 1 aromatic carbocycles. The lowest BCUT2D eigenvalue weighted by Gasteiger charge is -2.24. The number of sulfonamides is 1. The minimum absolute atomic E-state index is 0.00967. The van der Waals surface area contributed by atoms with E-state index in [-0.39, 0.29) is 10.6 Å². The Labute approximate surface area is 102 Å². The first kappa shape index (κ1) is 13.8. The molecule has 0 saturated heterocycles. The first-order valence-corrected chi connectivity index (χ1v) is 7.12. The summed E-state index contributed by atoms with van der Waals surface area (Å²) < 4.78 is 22.7. The molecule has 5 nitrogen and oxygen atoms in total. The Morgan fingerprint density at radius 1 is 1.29 bits per heavy atom. The number of rotatable bonds is 5. The minimum atomic E-state index is -3.76. The summed E-state index contributed by atoms with van der Waals surface area (Å²) in [6, 6.07) is 4.89. The summed E-state index contributed by atoms with van der Waals surface area (Å²) in [6.07, 6.45) is 0.965. The normalized spacial score (nSPS) is 11.5. The maximum atomic E-state index is 11.4. The van der Waals surface area contributed by atoms with Crippen molar-refractivity contribution >= 4 is 21.4 Å². The fraction of sp³-hybridized carbons (Fsp3) is 0.455. The largest absolute Gasteiger partial charge is 0.396 e. The van der Waals surface area contributed by atoms with Gasteiger partial charge in [-0.25, -0.2) is 13.6 Å². The lowest BCUT2D eigenvalue weighted by Crippen LogP contribution is -2.25. The molecule has 0 aliphatic heterocycles. The average Bonchev–Trinajstić information content (AvgIpc) is 2.25. The highest BCUT2D eigenvalue weighted by Crippen LogP contribution is 2.29. The van der Waals surface area contributed by atoms with Crippen molar-refractivity contribution in [2.24, 2.45) is 5.14 Å². The fourth-order valence-electron chi connectivity index (χ4n) is 1.78. The Bertz CT molecular complexity index is 485. The van der Waals surface area contributed by atoms with Crippen molar-refractivity contribution in [3.8, 4) is 0 Å². The number of nitrogens with zero attached hydrogens (tertiary/aromatic N) is 1. The van der Waals surface area contributed by atoms with Crippen molar-refractivity contribution in [1.29, 1.82) is 0 Å². The lowest BCUT2D eigenvalue weighted by molar-refractivity contribution is 0.598. The highest BCUT2D eigenvalue weighted by atomic mass is 32.2. The molecule has 1 rings (SSSR count). The van der Waals surface area contributed by atoms with Crippen molar-refractivity contribution in [2.45, 2.75) is 25.2 Å². The predicted molar refractivity (Wildman–Crippen MR) is 70.4 cm³/mol. The molecule has 0 bridgehead atoms. The highest BCUT2D eigenvalue weighted by Gasteiger charge is 2.17. The summed E-state index contributed by atoms with van der Waals surface area (Å²) in [6.45, 7) is 5.65. The van der Waals surface area contributed by atoms with Gasteiger partial charge < -0.3 is 10.6 Å². The van der Waals surface area contributed by atoms with Crippen molar-refractivity contribution < 1.29 is 8.42 Å². The molecule has 6 heteroatoms. The number of anilines is 2. The van der Waals surface area contributed by atoms with Crippen LogP contribution in [0.5, 0.6) is 0 Å². The van der Waals surface area contributed by atoms with Crippen LogP contribution in [0, 0.1) is 0 Å². The van der Waals surface area contributed by atoms with Gasteiger partial charge in [0, 0.05) is 13.1 Å². The number of para-hydroxylation sites is 1. The van der Waals surface area contributed by atoms with Gasteiger partial charge in [0.15, 0.2) is 0 Å². The minimum Gasteiger partial charge on any atom is -0.396 e. The van der Waals surface area contributed by atoms with Gasteiger partial charge in [0.1, 0.15) is 4.90 Å². The van der Waals surface area contributed by atoms with E-state index >= 15 is 0 Å². The predicted octanol–water partition coefficient (Wildman–Crippen LogP) is 1.15. The molecule has 0 atom stereocenters. The molecular weight excluding hydrogens is 238 g/mol. The zero-order valence-electron chi connectivity index (χ0n) is 10.2. The molecular formula is C11H19N3O2S. The summed E-state index contributed by atoms with van der Waals surface area (Å²) in [5, 5.41) is 5.12. The van der Waals surface area contributed by atoms with Crippen LogP contribution < -0.4 is 15.8 Å². The zero-order chi connectivity index (χ0) is 13.1. The SMILES string of the molecule is CCCN(CC)c1cccc(S(N)(=O)=O)c1N. The van der Waals surface area contributed by atoms with Gasteiger partial charge in [-0.2, -0.15) is 0 Å². The first-order valence-electron chi connectivity index (χ1n) is 5.58. The van der Waals surface area contributed by atoms with E-state index in [1.807, 2.05) is 17.9 Å². The number of nitrogens with two attached hydrogens (primary N) is 2. The number of nitrogen functional groups attached to an aromatic ring is 1. The zero-order valence-corrected chi connectivity index (χ0v) is 11.0. The molecule has 0 aromatic heterocycles. The van der Waals surface area contributed by atoms with Gasteiger partial charge in [-0.15, -0.1) is 0 Å². The van der Waals surface area contributed by atoms with E-state index in [9.17, 15) is 8.42 Å². The van der Waals surface area contributed by atoms with Crippen LogP contribution in [0.1, 0.15) is 20.3 Å². The van der Waals surface area contributed by atoms with E-state index in [1.165, 1.54) is 6.07 Å². The van der Waals surface area contributed by atoms with Crippen LogP contribution in [0.2, 0.25) is 0 Å². The third kappa shape index (κ3) is 3.10. The third-order valence-electron chi connectivity index (χ3n) is 2.57. The molecule has 4 N–H and O–H groups in total. The Hall–Kier alpha value is -1.27. The summed E-state index contributed by atoms with van der Waals surface area (Å²) in [7, 11) is -3.76. The van der Waals surface area contributed by atoms with E-state index in [2.05, 4.69) is 6.92 Å². The quantitative estimate of drug-likeness (QED) is 0.774. The highest BCUT2D eigenvalue weighted by molar-refractivity contribution is 7.89. The van der Waals surface area contributed by atoms with Crippen LogP contribution >= 0.6 is 0 Å². The smallest absolute Gasteiger partial charge is 0.240 e. The Morgan fingerprint density at radius 3 is 2.41 bits per heavy atom. The fourth-order valence-corrected chi connectivity index (χ4v) is 2.45. The molecule has 0 radical (unpaired) electrons. The second-order valence-corrected chi connectivity index (χ2v) is 5.34. The van der Waals surface area contributed by atoms with E-state index in [1.54, 1.807) is 6.07 Å². The second kappa shape index (κ2) is 5.37. The van der Waals surface area contributed by atoms with E-state index < -0.39 is 10.0 Å². The Kier molecular flexibility index (Phi) is 4.36. The molecule has 17 heavy (non-hydrogen) atoms. The first-order chi connectivity index (χ1) is 7.91. The van der Waals surface area contributed by atoms with Crippen molar-refractivity contribution in [3.05, 3.63) is 18.2 Å². The van der Waals surface area contributed by atoms with E-state index in [4.69, 9.17) is 10.9 Å². The van der Waals surface area contributed by atoms with Gasteiger partial charge in [0.2, 0.25) is 10.0 Å². The van der Waals surface area contributed by atoms with Crippen molar-refractivity contribution in [3.63, 3.8) is 0 Å². The van der Waals surface area contributed by atoms with Crippen LogP contribution in [-0.2, 0) is 10.0 Å². The van der Waals surface area contributed by atoms with Crippen LogP contribution in [0.3, 0.4) is 0 Å². The topological polar surface area (TPSA) is 89.4 Å². The van der Waals surface area contributed by atoms with Crippen molar-refractivity contribution in [1.82, 2.24) is 0 Å². The number of hydrogen-bond donors (Lipinski definition) is 2. The molecule has 96 valence electrons. The van der Waals surface area contributed by atoms with Gasteiger partial charge in [-0.1, -0.05) is 13.0 Å². The van der Waals surface area contributed by atoms with Gasteiger partial charge in [0.05, 0.1) is 11.4 Å². The molecule has 0 aliphatic rings. The molecule has 0 spiro atoms. The van der Waals surface area contributed by atoms with E-state index in [0.717, 1.165) is 25.2 Å². The molecule has 0 fully saturated rings. The lowest BCUT2D eigenvalue weighted by atomic mass is 10.2. The molecule has 1 aromatic rings. The summed E-state index contributed by atoms with van der Waals surface area (Å²) in [5.41, 5.74) is 6.83. The molecule has 0 heterocycles. The summed E-state index contributed by atoms with van der Waals surface area (Å²) >= 11 is 0. The third-order valence-corrected chi connectivity index (χ3v) is 3.53. The standard InChI is InChI=1S/C11H19N3O2S/c1-3-8-14(4-2)9-6-5-7-10(11(9)12)17(13,15)16/h5-7H,3-4,8,12H2,1-2H3,(H2,13,15,16). The van der Waals surface area contributed by atoms with Gasteiger partial charge in [-0.05, 0) is 25.5 Å². The maximum Gasteiger partial charge on any atom is 0.240 e. The van der Waals surface area contributed by atoms with Gasteiger partial charge in [-0.3, -0.25) is 0 Å². The maximum absolute atomic E-state index is 11.4. The molecule has 0 saturated carbocycles. The number of hydrogen-bond acceptors (Lipinski definition) is 4. The van der Waals surface area contributed by atoms with Crippen LogP contribution in [-0.4, -0.2) is 21.5 Å². The second-order valence-electron chi connectivity index (χ2n) is 3.81. The average molecular weight is 257 g/mol. The van der Waals surface area contributed by atoms with Gasteiger partial charge >= 0.3 is 0 Å². The number of primary sulfonamides is 1. The summed E-state index contributed by atoms with van der Waals surface area (Å²) in [4.78, 5) is 2.02. The van der Waals surface area contributed by atoms with Crippen LogP contribution in [0.15, 0.2) is 23.1 Å². The Morgan fingerprint density at radius 2 is 1.94 bits per heavy atom. The van der Waals surface area contributed by atoms with Crippen LogP contribution in [0.4, 0.5) is 11.4 Å². The molecule has 0 amide bonds. The monoisotopic (exact) mass is 257 g/mol. The number of benzene rings is 1. The molecule has 0 unspecified atom stereocenters. The summed E-state index contributed by atoms with van der Waals surface area (Å²) in [5.74, 6) is 0. The van der Waals surface area contributed by atoms with Crippen molar-refractivity contribution in [2.75, 3.05) is 23.7 Å². The van der Waals surface area contributed by atoms with E-state index in [0.29, 0.717) is 0 Å².